The Morgan fingerprint density at radius 3 is 1.63 bits per heavy atom. The first-order valence-electron chi connectivity index (χ1n) is 10.3. The van der Waals surface area contributed by atoms with Gasteiger partial charge in [0, 0.05) is 11.4 Å². The number of aromatic nitrogens is 4. The summed E-state index contributed by atoms with van der Waals surface area (Å²) in [6.45, 7) is 27.6. The van der Waals surface area contributed by atoms with E-state index in [2.05, 4.69) is 83.1 Å². The third-order valence-electron chi connectivity index (χ3n) is 3.55. The van der Waals surface area contributed by atoms with Crippen molar-refractivity contribution in [1.82, 2.24) is 19.6 Å². The van der Waals surface area contributed by atoms with Crippen molar-refractivity contribution in [2.24, 2.45) is 4.99 Å². The Balaban J connectivity index is 0.00000125. The SMILES string of the molecule is CCN=C([N-]C(C)(C)C)C(n1nc(C)cc1C)n1nc(C)cc1C.[CH2-][Si](C)(C)C.[Mg+2]. The zero-order chi connectivity index (χ0) is 22.6. The molecule has 6 nitrogen and oxygen atoms in total. The normalized spacial score (nSPS) is 12.4. The Labute approximate surface area is 201 Å². The Kier molecular flexibility index (Phi) is 11.0. The van der Waals surface area contributed by atoms with Gasteiger partial charge >= 0.3 is 23.1 Å². The van der Waals surface area contributed by atoms with E-state index in [0.717, 1.165) is 28.6 Å². The molecule has 2 heterocycles. The number of rotatable bonds is 4. The van der Waals surface area contributed by atoms with Gasteiger partial charge in [-0.25, -0.2) is 9.36 Å². The van der Waals surface area contributed by atoms with Crippen LogP contribution in [-0.2, 0) is 0 Å². The van der Waals surface area contributed by atoms with E-state index in [1.807, 2.05) is 30.1 Å². The summed E-state index contributed by atoms with van der Waals surface area (Å²) in [5.41, 5.74) is 3.87. The van der Waals surface area contributed by atoms with Gasteiger partial charge in [-0.05, 0) is 51.2 Å². The third-order valence-corrected chi connectivity index (χ3v) is 3.55. The summed E-state index contributed by atoms with van der Waals surface area (Å²) in [7, 11) is -0.861. The second-order valence-corrected chi connectivity index (χ2v) is 14.9. The fraction of sp³-hybridized carbons (Fsp3) is 0.636. The van der Waals surface area contributed by atoms with Crippen LogP contribution in [0.5, 0.6) is 0 Å². The van der Waals surface area contributed by atoms with Crippen molar-refractivity contribution in [1.29, 1.82) is 0 Å². The van der Waals surface area contributed by atoms with Crippen LogP contribution in [-0.4, -0.2) is 68.6 Å². The van der Waals surface area contributed by atoms with Crippen molar-refractivity contribution >= 4 is 37.0 Å². The van der Waals surface area contributed by atoms with Crippen LogP contribution in [0.25, 0.3) is 5.32 Å². The van der Waals surface area contributed by atoms with Crippen LogP contribution in [0.3, 0.4) is 0 Å². The van der Waals surface area contributed by atoms with Crippen LogP contribution in [0.1, 0.15) is 56.6 Å². The molecule has 0 aromatic carbocycles. The van der Waals surface area contributed by atoms with E-state index >= 15 is 0 Å². The Morgan fingerprint density at radius 1 is 1.03 bits per heavy atom. The minimum atomic E-state index is -0.861. The zero-order valence-corrected chi connectivity index (χ0v) is 23.5. The van der Waals surface area contributed by atoms with Gasteiger partial charge in [-0.1, -0.05) is 53.9 Å². The van der Waals surface area contributed by atoms with Gasteiger partial charge in [0.2, 0.25) is 0 Å². The van der Waals surface area contributed by atoms with Gasteiger partial charge in [0.05, 0.1) is 11.4 Å². The monoisotopic (exact) mass is 440 g/mol. The largest absolute Gasteiger partial charge is 2.00 e. The molecule has 30 heavy (non-hydrogen) atoms. The summed E-state index contributed by atoms with van der Waals surface area (Å²) in [6, 6.07) is 4.14. The second-order valence-electron chi connectivity index (χ2n) is 9.79. The Morgan fingerprint density at radius 2 is 1.40 bits per heavy atom. The fourth-order valence-electron chi connectivity index (χ4n) is 2.79. The summed E-state index contributed by atoms with van der Waals surface area (Å²) in [5.74, 6) is 0.752. The van der Waals surface area contributed by atoms with Crippen molar-refractivity contribution < 1.29 is 0 Å². The Bertz CT molecular complexity index is 772. The summed E-state index contributed by atoms with van der Waals surface area (Å²) < 4.78 is 3.94. The molecular formula is C22H40MgN6Si. The van der Waals surface area contributed by atoms with E-state index < -0.39 is 8.07 Å². The molecule has 0 radical (unpaired) electrons. The minimum Gasteiger partial charge on any atom is -0.466 e. The van der Waals surface area contributed by atoms with Crippen LogP contribution in [0.2, 0.25) is 19.6 Å². The standard InChI is InChI=1S/C18H29N6.C4H11Si.Mg/c1-9-19-16(20-18(6,7)8)17(23-14(4)10-12(2)21-23)24-15(5)11-13(3)22-24;1-5(2,3)4;/h10-11,17H,9H2,1-8H3;1H2,2-4H3;/q2*-1;+2. The van der Waals surface area contributed by atoms with E-state index in [1.54, 1.807) is 0 Å². The smallest absolute Gasteiger partial charge is 0.466 e. The number of hydrogen-bond donors (Lipinski definition) is 0. The molecule has 0 unspecified atom stereocenters. The van der Waals surface area contributed by atoms with Crippen molar-refractivity contribution in [2.75, 3.05) is 6.54 Å². The molecule has 0 aliphatic carbocycles. The first-order valence-corrected chi connectivity index (χ1v) is 14.0. The molecule has 0 fully saturated rings. The quantitative estimate of drug-likeness (QED) is 0.281. The molecule has 0 spiro atoms. The van der Waals surface area contributed by atoms with Crippen LogP contribution in [0.4, 0.5) is 0 Å². The third kappa shape index (κ3) is 9.79. The second kappa shape index (κ2) is 11.5. The predicted octanol–water partition coefficient (Wildman–Crippen LogP) is 5.27. The summed E-state index contributed by atoms with van der Waals surface area (Å²) in [4.78, 5) is 4.69. The molecule has 0 aliphatic heterocycles. The molecule has 164 valence electrons. The molecule has 0 N–H and O–H groups in total. The zero-order valence-electron chi connectivity index (χ0n) is 21.0. The number of amidine groups is 1. The van der Waals surface area contributed by atoms with Gasteiger partial charge in [-0.2, -0.15) is 10.2 Å². The van der Waals surface area contributed by atoms with Crippen LogP contribution in [0, 0.1) is 34.2 Å². The molecular weight excluding hydrogens is 401 g/mol. The first kappa shape index (κ1) is 28.9. The van der Waals surface area contributed by atoms with E-state index in [4.69, 9.17) is 10.3 Å². The number of aliphatic imine (C=N–C) groups is 1. The molecule has 0 bridgehead atoms. The van der Waals surface area contributed by atoms with Crippen LogP contribution in [0.15, 0.2) is 17.1 Å². The fourth-order valence-corrected chi connectivity index (χ4v) is 2.79. The average Bonchev–Trinajstić information content (AvgIpc) is 2.98. The van der Waals surface area contributed by atoms with Gasteiger partial charge in [0.1, 0.15) is 0 Å². The molecule has 0 saturated heterocycles. The first-order chi connectivity index (χ1) is 13.1. The molecule has 0 atom stereocenters. The van der Waals surface area contributed by atoms with Gasteiger partial charge in [0.15, 0.2) is 6.17 Å². The molecule has 0 saturated carbocycles. The minimum absolute atomic E-state index is 0. The molecule has 0 aliphatic rings. The van der Waals surface area contributed by atoms with E-state index in [-0.39, 0.29) is 34.8 Å². The molecule has 8 heteroatoms. The maximum absolute atomic E-state index is 4.88. The topological polar surface area (TPSA) is 62.1 Å². The number of hydrogen-bond acceptors (Lipinski definition) is 3. The van der Waals surface area contributed by atoms with E-state index in [1.165, 1.54) is 0 Å². The maximum Gasteiger partial charge on any atom is 2.00 e. The average molecular weight is 441 g/mol. The molecule has 0 amide bonds. The van der Waals surface area contributed by atoms with Crippen LogP contribution >= 0.6 is 0 Å². The van der Waals surface area contributed by atoms with Crippen molar-refractivity contribution in [3.63, 3.8) is 0 Å². The van der Waals surface area contributed by atoms with Crippen molar-refractivity contribution in [3.8, 4) is 0 Å². The summed E-state index contributed by atoms with van der Waals surface area (Å²) >= 11 is 0. The predicted molar refractivity (Wildman–Crippen MR) is 133 cm³/mol. The summed E-state index contributed by atoms with van der Waals surface area (Å²) in [5, 5.41) is 14.3. The number of nitrogens with zero attached hydrogens (tertiary/aromatic N) is 6. The molecule has 2 rings (SSSR count). The number of aryl methyl sites for hydroxylation is 4. The Hall–Kier alpha value is -1.13. The van der Waals surface area contributed by atoms with E-state index in [9.17, 15) is 0 Å². The van der Waals surface area contributed by atoms with Gasteiger partial charge in [-0.15, -0.1) is 8.07 Å². The van der Waals surface area contributed by atoms with Gasteiger partial charge in [-0.3, -0.25) is 0 Å². The molecule has 2 aromatic rings. The van der Waals surface area contributed by atoms with Gasteiger partial charge < -0.3 is 16.9 Å². The van der Waals surface area contributed by atoms with Crippen molar-refractivity contribution in [2.45, 2.75) is 86.7 Å². The van der Waals surface area contributed by atoms with Crippen LogP contribution < -0.4 is 0 Å². The molecule has 2 aromatic heterocycles. The maximum atomic E-state index is 4.88. The van der Waals surface area contributed by atoms with Crippen molar-refractivity contribution in [3.05, 3.63) is 46.8 Å². The van der Waals surface area contributed by atoms with E-state index in [0.29, 0.717) is 6.54 Å². The van der Waals surface area contributed by atoms with Gasteiger partial charge in [0.25, 0.3) is 0 Å². The summed E-state index contributed by atoms with van der Waals surface area (Å²) in [6.07, 6.45) is -0.272.